The number of hydrogen-bond donors (Lipinski definition) is 2. The average Bonchev–Trinajstić information content (AvgIpc) is 3.05. The predicted octanol–water partition coefficient (Wildman–Crippen LogP) is 5.36. The van der Waals surface area contributed by atoms with Crippen LogP contribution in [0, 0.1) is 17.8 Å². The molecule has 0 unspecified atom stereocenters. The lowest BCUT2D eigenvalue weighted by atomic mass is 9.90. The number of anilines is 1. The Hall–Kier alpha value is -1.36. The summed E-state index contributed by atoms with van der Waals surface area (Å²) < 4.78 is 0. The van der Waals surface area contributed by atoms with Gasteiger partial charge in [0, 0.05) is 12.0 Å². The smallest absolute Gasteiger partial charge is 0.261 e. The first-order valence-electron chi connectivity index (χ1n) is 10.9. The molecule has 27 heavy (non-hydrogen) atoms. The standard InChI is InChI=1S/C22H32N2O2S/c25-21(17-9-10-17)24-20-12-11-19(27-20)22(26)23-18(13-15-5-1-2-6-15)14-16-7-3-4-8-16/h11-12,15-18H,1-10,13-14H2,(H,23,26)(H,24,25). The molecule has 0 spiro atoms. The van der Waals surface area contributed by atoms with Crippen LogP contribution in [0.2, 0.25) is 0 Å². The molecule has 148 valence electrons. The number of carbonyl (C=O) groups is 2. The second-order valence-corrected chi connectivity index (χ2v) is 9.95. The third-order valence-corrected chi connectivity index (χ3v) is 7.54. The van der Waals surface area contributed by atoms with Gasteiger partial charge in [-0.2, -0.15) is 0 Å². The third-order valence-electron chi connectivity index (χ3n) is 6.54. The lowest BCUT2D eigenvalue weighted by molar-refractivity contribution is -0.117. The van der Waals surface area contributed by atoms with Gasteiger partial charge in [0.15, 0.2) is 0 Å². The molecule has 1 aromatic rings. The molecule has 3 aliphatic rings. The highest BCUT2D eigenvalue weighted by Gasteiger charge is 2.30. The van der Waals surface area contributed by atoms with Crippen molar-refractivity contribution in [2.24, 2.45) is 17.8 Å². The summed E-state index contributed by atoms with van der Waals surface area (Å²) in [7, 11) is 0. The minimum Gasteiger partial charge on any atom is -0.349 e. The van der Waals surface area contributed by atoms with Crippen molar-refractivity contribution in [2.75, 3.05) is 5.32 Å². The van der Waals surface area contributed by atoms with Gasteiger partial charge in [0.1, 0.15) is 0 Å². The van der Waals surface area contributed by atoms with Crippen LogP contribution >= 0.6 is 11.3 Å². The van der Waals surface area contributed by atoms with Gasteiger partial charge in [-0.3, -0.25) is 9.59 Å². The van der Waals surface area contributed by atoms with Crippen LogP contribution in [0.3, 0.4) is 0 Å². The number of thiophene rings is 1. The van der Waals surface area contributed by atoms with Crippen molar-refractivity contribution in [3.8, 4) is 0 Å². The fraction of sp³-hybridized carbons (Fsp3) is 0.727. The van der Waals surface area contributed by atoms with E-state index >= 15 is 0 Å². The zero-order valence-electron chi connectivity index (χ0n) is 16.2. The molecule has 4 rings (SSSR count). The van der Waals surface area contributed by atoms with E-state index in [0.29, 0.717) is 10.9 Å². The highest BCUT2D eigenvalue weighted by Crippen LogP contribution is 2.34. The maximum atomic E-state index is 12.8. The molecular weight excluding hydrogens is 356 g/mol. The minimum atomic E-state index is 0.0351. The molecule has 3 aliphatic carbocycles. The molecule has 0 radical (unpaired) electrons. The Morgan fingerprint density at radius 1 is 0.926 bits per heavy atom. The SMILES string of the molecule is O=C(NC(CC1CCCC1)CC1CCCC1)c1ccc(NC(=O)C2CC2)s1. The van der Waals surface area contributed by atoms with E-state index in [-0.39, 0.29) is 17.7 Å². The van der Waals surface area contributed by atoms with Gasteiger partial charge < -0.3 is 10.6 Å². The fourth-order valence-corrected chi connectivity index (χ4v) is 5.68. The molecule has 2 amide bonds. The molecule has 0 saturated heterocycles. The summed E-state index contributed by atoms with van der Waals surface area (Å²) in [6.07, 6.45) is 15.0. The number of hydrogen-bond acceptors (Lipinski definition) is 3. The van der Waals surface area contributed by atoms with Crippen LogP contribution in [0.1, 0.15) is 86.7 Å². The first kappa shape index (κ1) is 19.0. The van der Waals surface area contributed by atoms with Crippen molar-refractivity contribution in [1.29, 1.82) is 0 Å². The summed E-state index contributed by atoms with van der Waals surface area (Å²) in [5.74, 6) is 1.89. The zero-order valence-corrected chi connectivity index (χ0v) is 17.0. The summed E-state index contributed by atoms with van der Waals surface area (Å²) in [5, 5.41) is 7.09. The van der Waals surface area contributed by atoms with E-state index in [4.69, 9.17) is 0 Å². The van der Waals surface area contributed by atoms with E-state index in [1.54, 1.807) is 0 Å². The number of carbonyl (C=O) groups excluding carboxylic acids is 2. The van der Waals surface area contributed by atoms with Crippen molar-refractivity contribution in [3.63, 3.8) is 0 Å². The summed E-state index contributed by atoms with van der Waals surface area (Å²) in [4.78, 5) is 25.5. The molecule has 1 heterocycles. The minimum absolute atomic E-state index is 0.0351. The van der Waals surface area contributed by atoms with E-state index in [2.05, 4.69) is 10.6 Å². The second-order valence-electron chi connectivity index (χ2n) is 8.87. The van der Waals surface area contributed by atoms with Crippen LogP contribution in [-0.4, -0.2) is 17.9 Å². The van der Waals surface area contributed by atoms with Gasteiger partial charge in [-0.25, -0.2) is 0 Å². The molecular formula is C22H32N2O2S. The third kappa shape index (κ3) is 5.34. The van der Waals surface area contributed by atoms with Crippen molar-refractivity contribution in [3.05, 3.63) is 17.0 Å². The molecule has 3 saturated carbocycles. The van der Waals surface area contributed by atoms with Crippen molar-refractivity contribution in [1.82, 2.24) is 5.32 Å². The van der Waals surface area contributed by atoms with Gasteiger partial charge in [-0.15, -0.1) is 11.3 Å². The predicted molar refractivity (Wildman–Crippen MR) is 110 cm³/mol. The van der Waals surface area contributed by atoms with Crippen LogP contribution in [0.5, 0.6) is 0 Å². The number of amides is 2. The van der Waals surface area contributed by atoms with E-state index < -0.39 is 0 Å². The van der Waals surface area contributed by atoms with E-state index in [1.807, 2.05) is 12.1 Å². The molecule has 3 fully saturated rings. The Labute approximate surface area is 166 Å². The maximum absolute atomic E-state index is 12.8. The van der Waals surface area contributed by atoms with E-state index in [9.17, 15) is 9.59 Å². The number of rotatable bonds is 8. The average molecular weight is 389 g/mol. The van der Waals surface area contributed by atoms with E-state index in [0.717, 1.165) is 42.5 Å². The topological polar surface area (TPSA) is 58.2 Å². The van der Waals surface area contributed by atoms with Crippen molar-refractivity contribution >= 4 is 28.2 Å². The quantitative estimate of drug-likeness (QED) is 0.630. The first-order valence-corrected chi connectivity index (χ1v) is 11.7. The fourth-order valence-electron chi connectivity index (χ4n) is 4.86. The van der Waals surface area contributed by atoms with Crippen LogP contribution < -0.4 is 10.6 Å². The lowest BCUT2D eigenvalue weighted by Crippen LogP contribution is -2.37. The largest absolute Gasteiger partial charge is 0.349 e. The Bertz CT molecular complexity index is 637. The van der Waals surface area contributed by atoms with Crippen LogP contribution in [0.25, 0.3) is 0 Å². The Morgan fingerprint density at radius 2 is 1.52 bits per heavy atom. The molecule has 4 nitrogen and oxygen atoms in total. The molecule has 0 bridgehead atoms. The van der Waals surface area contributed by atoms with Gasteiger partial charge in [0.25, 0.3) is 5.91 Å². The summed E-state index contributed by atoms with van der Waals surface area (Å²) in [6.45, 7) is 0. The molecule has 0 atom stereocenters. The van der Waals surface area contributed by atoms with Crippen molar-refractivity contribution in [2.45, 2.75) is 83.1 Å². The summed E-state index contributed by atoms with van der Waals surface area (Å²) in [5.41, 5.74) is 0. The summed E-state index contributed by atoms with van der Waals surface area (Å²) >= 11 is 1.40. The summed E-state index contributed by atoms with van der Waals surface area (Å²) in [6, 6.07) is 4.02. The van der Waals surface area contributed by atoms with Gasteiger partial charge in [0.2, 0.25) is 5.91 Å². The highest BCUT2D eigenvalue weighted by molar-refractivity contribution is 7.18. The second kappa shape index (κ2) is 8.76. The number of nitrogens with one attached hydrogen (secondary N) is 2. The molecule has 5 heteroatoms. The molecule has 1 aromatic heterocycles. The van der Waals surface area contributed by atoms with Gasteiger partial charge in [0.05, 0.1) is 9.88 Å². The van der Waals surface area contributed by atoms with Crippen molar-refractivity contribution < 1.29 is 9.59 Å². The molecule has 0 aliphatic heterocycles. The molecule has 2 N–H and O–H groups in total. The van der Waals surface area contributed by atoms with E-state index in [1.165, 1.54) is 62.7 Å². The monoisotopic (exact) mass is 388 g/mol. The Balaban J connectivity index is 1.34. The van der Waals surface area contributed by atoms with Crippen LogP contribution in [0.4, 0.5) is 5.00 Å². The normalized spacial score (nSPS) is 21.1. The highest BCUT2D eigenvalue weighted by atomic mass is 32.1. The maximum Gasteiger partial charge on any atom is 0.261 e. The van der Waals surface area contributed by atoms with Gasteiger partial charge >= 0.3 is 0 Å². The van der Waals surface area contributed by atoms with Gasteiger partial charge in [-0.05, 0) is 49.7 Å². The lowest BCUT2D eigenvalue weighted by Gasteiger charge is -2.24. The zero-order chi connectivity index (χ0) is 18.6. The van der Waals surface area contributed by atoms with Gasteiger partial charge in [-0.1, -0.05) is 51.4 Å². The molecule has 0 aromatic carbocycles. The van der Waals surface area contributed by atoms with Crippen LogP contribution in [-0.2, 0) is 4.79 Å². The Morgan fingerprint density at radius 3 is 2.07 bits per heavy atom. The van der Waals surface area contributed by atoms with Crippen LogP contribution in [0.15, 0.2) is 12.1 Å². The Kier molecular flexibility index (Phi) is 6.16. The first-order chi connectivity index (χ1) is 13.2.